The van der Waals surface area contributed by atoms with Crippen molar-refractivity contribution in [3.05, 3.63) is 30.9 Å². The number of carbonyl (C=O) groups is 1. The lowest BCUT2D eigenvalue weighted by atomic mass is 10.1. The topological polar surface area (TPSA) is 101 Å². The molecular formula is C21H24F3N7O2. The Morgan fingerprint density at radius 3 is 2.79 bits per heavy atom. The first-order valence-corrected chi connectivity index (χ1v) is 10.9. The highest BCUT2D eigenvalue weighted by Gasteiger charge is 2.40. The summed E-state index contributed by atoms with van der Waals surface area (Å²) in [5.41, 5.74) is 2.33. The molecule has 2 fully saturated rings. The van der Waals surface area contributed by atoms with Gasteiger partial charge in [0.2, 0.25) is 5.91 Å². The van der Waals surface area contributed by atoms with Crippen molar-refractivity contribution in [1.29, 1.82) is 0 Å². The molecule has 3 aromatic heterocycles. The highest BCUT2D eigenvalue weighted by atomic mass is 19.4. The predicted molar refractivity (Wildman–Crippen MR) is 112 cm³/mol. The standard InChI is InChI=1S/C21H24F3N7O2/c1-12-7-29(20(33)13-2-3-13)9-16(12)27-15-4-5-25-31-10-17(28-19(15)31)14-6-26-30(8-14)11-18(32)21(22,23)24/h4-6,8,10,12-13,16,18,27,32H,2-3,7,9,11H2,1H3/t12-,16+,18+/m0/s1. The largest absolute Gasteiger partial charge is 0.416 e. The third-order valence-electron chi connectivity index (χ3n) is 6.22. The van der Waals surface area contributed by atoms with Crippen LogP contribution in [0, 0.1) is 11.8 Å². The van der Waals surface area contributed by atoms with E-state index in [1.165, 1.54) is 12.4 Å². The van der Waals surface area contributed by atoms with E-state index >= 15 is 0 Å². The Hall–Kier alpha value is -3.15. The summed E-state index contributed by atoms with van der Waals surface area (Å²) in [5, 5.41) is 20.9. The number of imidazole rings is 1. The Labute approximate surface area is 187 Å². The number of fused-ring (bicyclic) bond motifs is 1. The molecule has 1 amide bonds. The zero-order valence-electron chi connectivity index (χ0n) is 17.9. The van der Waals surface area contributed by atoms with Crippen molar-refractivity contribution < 1.29 is 23.1 Å². The van der Waals surface area contributed by atoms with Crippen LogP contribution < -0.4 is 5.32 Å². The first-order chi connectivity index (χ1) is 15.7. The summed E-state index contributed by atoms with van der Waals surface area (Å²) in [6, 6.07) is 1.89. The average molecular weight is 463 g/mol. The lowest BCUT2D eigenvalue weighted by Crippen LogP contribution is -2.32. The Bertz CT molecular complexity index is 1170. The highest BCUT2D eigenvalue weighted by molar-refractivity contribution is 5.81. The van der Waals surface area contributed by atoms with Gasteiger partial charge in [-0.25, -0.2) is 9.50 Å². The van der Waals surface area contributed by atoms with Gasteiger partial charge in [-0.05, 0) is 24.8 Å². The zero-order valence-corrected chi connectivity index (χ0v) is 17.9. The maximum atomic E-state index is 12.6. The van der Waals surface area contributed by atoms with Crippen LogP contribution in [0.25, 0.3) is 16.9 Å². The number of likely N-dealkylation sites (tertiary alicyclic amines) is 1. The average Bonchev–Trinajstić information content (AvgIpc) is 3.16. The molecule has 1 saturated heterocycles. The number of aromatic nitrogens is 5. The Morgan fingerprint density at radius 1 is 1.27 bits per heavy atom. The number of hydrogen-bond donors (Lipinski definition) is 2. The molecule has 9 nitrogen and oxygen atoms in total. The molecule has 0 bridgehead atoms. The van der Waals surface area contributed by atoms with E-state index in [2.05, 4.69) is 27.4 Å². The molecule has 0 unspecified atom stereocenters. The van der Waals surface area contributed by atoms with Gasteiger partial charge in [0.1, 0.15) is 0 Å². The second-order valence-electron chi connectivity index (χ2n) is 8.89. The van der Waals surface area contributed by atoms with Gasteiger partial charge >= 0.3 is 6.18 Å². The summed E-state index contributed by atoms with van der Waals surface area (Å²) in [7, 11) is 0. The lowest BCUT2D eigenvalue weighted by molar-refractivity contribution is -0.208. The fraction of sp³-hybridized carbons (Fsp3) is 0.524. The molecule has 0 aromatic carbocycles. The van der Waals surface area contributed by atoms with Gasteiger partial charge in [0.15, 0.2) is 11.8 Å². The minimum absolute atomic E-state index is 0.0747. The van der Waals surface area contributed by atoms with E-state index in [9.17, 15) is 23.1 Å². The number of alkyl halides is 3. The summed E-state index contributed by atoms with van der Waals surface area (Å²) in [5.74, 6) is 0.701. The minimum atomic E-state index is -4.71. The second kappa shape index (κ2) is 8.01. The van der Waals surface area contributed by atoms with Crippen LogP contribution in [0.2, 0.25) is 0 Å². The van der Waals surface area contributed by atoms with Crippen molar-refractivity contribution in [3.63, 3.8) is 0 Å². The third kappa shape index (κ3) is 4.39. The molecule has 176 valence electrons. The van der Waals surface area contributed by atoms with Crippen molar-refractivity contribution in [2.24, 2.45) is 11.8 Å². The first-order valence-electron chi connectivity index (χ1n) is 10.9. The van der Waals surface area contributed by atoms with Gasteiger partial charge in [-0.1, -0.05) is 6.92 Å². The van der Waals surface area contributed by atoms with Crippen LogP contribution in [0.5, 0.6) is 0 Å². The van der Waals surface area contributed by atoms with E-state index in [1.54, 1.807) is 16.9 Å². The van der Waals surface area contributed by atoms with Crippen molar-refractivity contribution >= 4 is 17.2 Å². The number of aliphatic hydroxyl groups excluding tert-OH is 1. The smallest absolute Gasteiger partial charge is 0.382 e. The van der Waals surface area contributed by atoms with Crippen LogP contribution in [-0.4, -0.2) is 71.7 Å². The molecule has 2 N–H and O–H groups in total. The number of halogens is 3. The fourth-order valence-electron chi connectivity index (χ4n) is 4.15. The highest BCUT2D eigenvalue weighted by Crippen LogP contribution is 2.33. The number of carbonyl (C=O) groups excluding carboxylic acids is 1. The summed E-state index contributed by atoms with van der Waals surface area (Å²) in [6.45, 7) is 2.76. The van der Waals surface area contributed by atoms with Crippen LogP contribution in [0.4, 0.5) is 18.9 Å². The molecule has 12 heteroatoms. The van der Waals surface area contributed by atoms with Gasteiger partial charge in [0.05, 0.1) is 36.5 Å². The molecule has 4 heterocycles. The summed E-state index contributed by atoms with van der Waals surface area (Å²) >= 11 is 0. The molecule has 1 aliphatic carbocycles. The van der Waals surface area contributed by atoms with Crippen molar-refractivity contribution in [2.45, 2.75) is 44.6 Å². The Balaban J connectivity index is 1.33. The molecule has 1 aliphatic heterocycles. The maximum Gasteiger partial charge on any atom is 0.416 e. The van der Waals surface area contributed by atoms with Crippen molar-refractivity contribution in [1.82, 2.24) is 29.3 Å². The van der Waals surface area contributed by atoms with Crippen LogP contribution in [-0.2, 0) is 11.3 Å². The monoisotopic (exact) mass is 463 g/mol. The number of hydrogen-bond acceptors (Lipinski definition) is 6. The molecule has 2 aliphatic rings. The zero-order chi connectivity index (χ0) is 23.3. The Kier molecular flexibility index (Phi) is 5.26. The van der Waals surface area contributed by atoms with Crippen LogP contribution in [0.3, 0.4) is 0 Å². The number of amides is 1. The van der Waals surface area contributed by atoms with Crippen LogP contribution in [0.1, 0.15) is 19.8 Å². The maximum absolute atomic E-state index is 12.6. The normalized spacial score (nSPS) is 22.2. The fourth-order valence-corrected chi connectivity index (χ4v) is 4.15. The van der Waals surface area contributed by atoms with E-state index in [4.69, 9.17) is 0 Å². The van der Waals surface area contributed by atoms with E-state index in [0.717, 1.165) is 29.8 Å². The number of nitrogens with one attached hydrogen (secondary N) is 1. The third-order valence-corrected chi connectivity index (χ3v) is 6.22. The molecule has 5 rings (SSSR count). The predicted octanol–water partition coefficient (Wildman–Crippen LogP) is 2.18. The van der Waals surface area contributed by atoms with Gasteiger partial charge in [0, 0.05) is 36.8 Å². The van der Waals surface area contributed by atoms with Gasteiger partial charge in [0.25, 0.3) is 0 Å². The molecule has 0 radical (unpaired) electrons. The Morgan fingerprint density at radius 2 is 2.06 bits per heavy atom. The number of aliphatic hydroxyl groups is 1. The summed E-state index contributed by atoms with van der Waals surface area (Å²) in [4.78, 5) is 19.0. The van der Waals surface area contributed by atoms with Crippen molar-refractivity contribution in [2.75, 3.05) is 18.4 Å². The molecule has 33 heavy (non-hydrogen) atoms. The number of rotatable bonds is 6. The SMILES string of the molecule is C[C@H]1CN(C(=O)C2CC2)C[C@H]1Nc1ccnn2cc(-c3cnn(C[C@@H](O)C(F)(F)F)c3)nc12. The summed E-state index contributed by atoms with van der Waals surface area (Å²) in [6.07, 6.45) is 0.867. The summed E-state index contributed by atoms with van der Waals surface area (Å²) < 4.78 is 40.5. The van der Waals surface area contributed by atoms with Gasteiger partial charge in [-0.3, -0.25) is 9.48 Å². The van der Waals surface area contributed by atoms with Crippen molar-refractivity contribution in [3.8, 4) is 11.3 Å². The van der Waals surface area contributed by atoms with E-state index in [1.807, 2.05) is 11.0 Å². The van der Waals surface area contributed by atoms with E-state index in [0.29, 0.717) is 23.4 Å². The quantitative estimate of drug-likeness (QED) is 0.581. The van der Waals surface area contributed by atoms with Crippen LogP contribution >= 0.6 is 0 Å². The van der Waals surface area contributed by atoms with Gasteiger partial charge in [-0.15, -0.1) is 0 Å². The lowest BCUT2D eigenvalue weighted by Gasteiger charge is -2.18. The molecule has 3 aromatic rings. The minimum Gasteiger partial charge on any atom is -0.382 e. The molecule has 1 saturated carbocycles. The van der Waals surface area contributed by atoms with Gasteiger partial charge < -0.3 is 15.3 Å². The van der Waals surface area contributed by atoms with Crippen LogP contribution in [0.15, 0.2) is 30.9 Å². The van der Waals surface area contributed by atoms with E-state index < -0.39 is 18.8 Å². The van der Waals surface area contributed by atoms with E-state index in [-0.39, 0.29) is 23.8 Å². The number of nitrogens with zero attached hydrogens (tertiary/aromatic N) is 6. The second-order valence-corrected chi connectivity index (χ2v) is 8.89. The first kappa shape index (κ1) is 21.7. The van der Waals surface area contributed by atoms with Gasteiger partial charge in [-0.2, -0.15) is 23.4 Å². The molecule has 0 spiro atoms. The molecular weight excluding hydrogens is 439 g/mol. The molecule has 3 atom stereocenters. The number of anilines is 1.